The minimum absolute atomic E-state index is 0.0354. The largest absolute Gasteiger partial charge is 0.321 e. The van der Waals surface area contributed by atoms with Crippen molar-refractivity contribution in [2.75, 3.05) is 19.5 Å². The van der Waals surface area contributed by atoms with Crippen molar-refractivity contribution in [3.05, 3.63) is 57.0 Å². The molecule has 2 rings (SSSR count). The minimum atomic E-state index is -3.74. The van der Waals surface area contributed by atoms with Crippen LogP contribution >= 0.6 is 31.9 Å². The van der Waals surface area contributed by atoms with Crippen LogP contribution in [0.25, 0.3) is 0 Å². The molecular weight excluding hydrogens is 464 g/mol. The second-order valence-electron chi connectivity index (χ2n) is 4.70. The molecule has 0 unspecified atom stereocenters. The third-order valence-electron chi connectivity index (χ3n) is 3.19. The third-order valence-corrected chi connectivity index (χ3v) is 6.03. The van der Waals surface area contributed by atoms with Crippen LogP contribution in [0.2, 0.25) is 0 Å². The number of halogens is 2. The lowest BCUT2D eigenvalue weighted by Crippen LogP contribution is -2.25. The van der Waals surface area contributed by atoms with E-state index in [9.17, 15) is 13.2 Å². The zero-order valence-corrected chi connectivity index (χ0v) is 16.8. The lowest BCUT2D eigenvalue weighted by atomic mass is 10.2. The predicted molar refractivity (Wildman–Crippen MR) is 98.2 cm³/mol. The van der Waals surface area contributed by atoms with Crippen LogP contribution in [-0.2, 0) is 14.9 Å². The summed E-state index contributed by atoms with van der Waals surface area (Å²) in [5.74, 6) is -0.345. The summed E-state index contributed by atoms with van der Waals surface area (Å²) >= 11 is 6.70. The molecule has 0 aliphatic rings. The maximum Gasteiger partial charge on any atom is 0.264 e. The van der Waals surface area contributed by atoms with Gasteiger partial charge >= 0.3 is 0 Å². The second-order valence-corrected chi connectivity index (χ2v) is 8.41. The Morgan fingerprint density at radius 2 is 1.75 bits per heavy atom. The molecule has 2 aromatic carbocycles. The SMILES string of the molecule is CON(C)S(=O)(=O)c1ccc(C(=O)Nc2ccc(Br)cc2Br)cc1. The molecule has 0 bridgehead atoms. The molecule has 0 fully saturated rings. The number of benzene rings is 2. The lowest BCUT2D eigenvalue weighted by Gasteiger charge is -2.14. The smallest absolute Gasteiger partial charge is 0.264 e. The van der Waals surface area contributed by atoms with Crippen molar-refractivity contribution in [2.24, 2.45) is 0 Å². The quantitative estimate of drug-likeness (QED) is 0.667. The molecule has 9 heteroatoms. The van der Waals surface area contributed by atoms with Gasteiger partial charge < -0.3 is 5.32 Å². The molecule has 0 aliphatic heterocycles. The molecule has 0 aromatic heterocycles. The van der Waals surface area contributed by atoms with Crippen molar-refractivity contribution < 1.29 is 18.0 Å². The number of hydrogen-bond donors (Lipinski definition) is 1. The number of carbonyl (C=O) groups is 1. The molecule has 0 heterocycles. The number of nitrogens with one attached hydrogen (secondary N) is 1. The standard InChI is InChI=1S/C15H14Br2N2O4S/c1-19(23-2)24(21,22)12-6-3-10(4-7-12)15(20)18-14-8-5-11(16)9-13(14)17/h3-9H,1-2H3,(H,18,20). The topological polar surface area (TPSA) is 75.7 Å². The molecule has 0 radical (unpaired) electrons. The van der Waals surface area contributed by atoms with Crippen molar-refractivity contribution in [1.29, 1.82) is 0 Å². The first-order chi connectivity index (χ1) is 11.3. The van der Waals surface area contributed by atoms with Crippen LogP contribution in [-0.4, -0.2) is 33.0 Å². The normalized spacial score (nSPS) is 11.5. The number of hydroxylamine groups is 1. The van der Waals surface area contributed by atoms with Gasteiger partial charge in [-0.15, -0.1) is 0 Å². The van der Waals surface area contributed by atoms with Crippen LogP contribution in [0.15, 0.2) is 56.3 Å². The molecule has 6 nitrogen and oxygen atoms in total. The van der Waals surface area contributed by atoms with E-state index in [1.807, 2.05) is 6.07 Å². The first kappa shape index (κ1) is 19.1. The van der Waals surface area contributed by atoms with Gasteiger partial charge in [0.05, 0.1) is 17.7 Å². The number of hydrogen-bond acceptors (Lipinski definition) is 4. The molecule has 24 heavy (non-hydrogen) atoms. The summed E-state index contributed by atoms with van der Waals surface area (Å²) in [4.78, 5) is 17.0. The van der Waals surface area contributed by atoms with Crippen molar-refractivity contribution in [2.45, 2.75) is 4.90 Å². The van der Waals surface area contributed by atoms with Crippen LogP contribution < -0.4 is 5.32 Å². The van der Waals surface area contributed by atoms with Crippen molar-refractivity contribution in [3.63, 3.8) is 0 Å². The molecule has 2 aromatic rings. The number of carbonyl (C=O) groups excluding carboxylic acids is 1. The average Bonchev–Trinajstić information content (AvgIpc) is 2.56. The first-order valence-corrected chi connectivity index (χ1v) is 9.68. The monoisotopic (exact) mass is 476 g/mol. The van der Waals surface area contributed by atoms with E-state index in [0.29, 0.717) is 11.3 Å². The summed E-state index contributed by atoms with van der Waals surface area (Å²) in [7, 11) is -1.18. The van der Waals surface area contributed by atoms with Crippen LogP contribution in [0.1, 0.15) is 10.4 Å². The van der Waals surface area contributed by atoms with E-state index in [2.05, 4.69) is 37.2 Å². The highest BCUT2D eigenvalue weighted by molar-refractivity contribution is 9.11. The number of amides is 1. The summed E-state index contributed by atoms with van der Waals surface area (Å²) in [6, 6.07) is 11.0. The summed E-state index contributed by atoms with van der Waals surface area (Å²) < 4.78 is 26.6. The Balaban J connectivity index is 2.20. The Hall–Kier alpha value is -1.26. The molecule has 1 N–H and O–H groups in total. The van der Waals surface area contributed by atoms with E-state index in [0.717, 1.165) is 13.4 Å². The van der Waals surface area contributed by atoms with E-state index < -0.39 is 10.0 Å². The fourth-order valence-electron chi connectivity index (χ4n) is 1.81. The summed E-state index contributed by atoms with van der Waals surface area (Å²) in [6.45, 7) is 0. The highest BCUT2D eigenvalue weighted by Crippen LogP contribution is 2.26. The van der Waals surface area contributed by atoms with Crippen molar-refractivity contribution >= 4 is 53.5 Å². The van der Waals surface area contributed by atoms with Gasteiger partial charge in [0, 0.05) is 21.6 Å². The lowest BCUT2D eigenvalue weighted by molar-refractivity contribution is -0.0258. The Morgan fingerprint density at radius 3 is 2.29 bits per heavy atom. The third kappa shape index (κ3) is 4.22. The van der Waals surface area contributed by atoms with Crippen LogP contribution in [0.3, 0.4) is 0 Å². The Bertz CT molecular complexity index is 854. The van der Waals surface area contributed by atoms with Gasteiger partial charge in [0.2, 0.25) is 0 Å². The molecule has 0 aliphatic carbocycles. The van der Waals surface area contributed by atoms with Gasteiger partial charge in [-0.05, 0) is 58.4 Å². The fourth-order valence-corrected chi connectivity index (χ4v) is 3.93. The highest BCUT2D eigenvalue weighted by Gasteiger charge is 2.21. The van der Waals surface area contributed by atoms with E-state index in [1.165, 1.54) is 38.4 Å². The molecular formula is C15H14Br2N2O4S. The zero-order chi connectivity index (χ0) is 17.9. The Labute approximate surface area is 157 Å². The highest BCUT2D eigenvalue weighted by atomic mass is 79.9. The average molecular weight is 478 g/mol. The molecule has 0 spiro atoms. The number of sulfonamides is 1. The van der Waals surface area contributed by atoms with Gasteiger partial charge in [0.25, 0.3) is 15.9 Å². The number of rotatable bonds is 5. The number of nitrogens with zero attached hydrogens (tertiary/aromatic N) is 1. The first-order valence-electron chi connectivity index (χ1n) is 6.65. The van der Waals surface area contributed by atoms with Crippen LogP contribution in [0, 0.1) is 0 Å². The van der Waals surface area contributed by atoms with E-state index in [-0.39, 0.29) is 10.8 Å². The van der Waals surface area contributed by atoms with Crippen LogP contribution in [0.5, 0.6) is 0 Å². The second kappa shape index (κ2) is 7.75. The molecule has 0 atom stereocenters. The molecule has 0 saturated carbocycles. The van der Waals surface area contributed by atoms with Gasteiger partial charge in [-0.25, -0.2) is 8.42 Å². The molecule has 128 valence electrons. The summed E-state index contributed by atoms with van der Waals surface area (Å²) in [5, 5.41) is 2.75. The van der Waals surface area contributed by atoms with Gasteiger partial charge in [-0.1, -0.05) is 20.4 Å². The predicted octanol–water partition coefficient (Wildman–Crippen LogP) is 3.65. The van der Waals surface area contributed by atoms with Crippen LogP contribution in [0.4, 0.5) is 5.69 Å². The maximum absolute atomic E-state index is 12.3. The Morgan fingerprint density at radius 1 is 1.12 bits per heavy atom. The summed E-state index contributed by atoms with van der Waals surface area (Å²) in [5.41, 5.74) is 0.947. The van der Waals surface area contributed by atoms with E-state index >= 15 is 0 Å². The molecule has 0 saturated heterocycles. The van der Waals surface area contributed by atoms with Gasteiger partial charge in [-0.3, -0.25) is 9.63 Å². The van der Waals surface area contributed by atoms with E-state index in [1.54, 1.807) is 12.1 Å². The maximum atomic E-state index is 12.3. The van der Waals surface area contributed by atoms with Crippen molar-refractivity contribution in [1.82, 2.24) is 4.47 Å². The minimum Gasteiger partial charge on any atom is -0.321 e. The van der Waals surface area contributed by atoms with Gasteiger partial charge in [0.1, 0.15) is 0 Å². The Kier molecular flexibility index (Phi) is 6.16. The van der Waals surface area contributed by atoms with Crippen molar-refractivity contribution in [3.8, 4) is 0 Å². The van der Waals surface area contributed by atoms with E-state index in [4.69, 9.17) is 4.84 Å². The zero-order valence-electron chi connectivity index (χ0n) is 12.8. The fraction of sp³-hybridized carbons (Fsp3) is 0.133. The number of anilines is 1. The summed E-state index contributed by atoms with van der Waals surface area (Å²) in [6.07, 6.45) is 0. The van der Waals surface area contributed by atoms with Gasteiger partial charge in [0.15, 0.2) is 0 Å². The van der Waals surface area contributed by atoms with Gasteiger partial charge in [-0.2, -0.15) is 0 Å². The molecule has 1 amide bonds.